The van der Waals surface area contributed by atoms with E-state index in [1.165, 1.54) is 6.21 Å². The van der Waals surface area contributed by atoms with Crippen molar-refractivity contribution < 1.29 is 5.11 Å². The quantitative estimate of drug-likeness (QED) is 0.269. The van der Waals surface area contributed by atoms with Crippen LogP contribution in [0.25, 0.3) is 0 Å². The third-order valence-electron chi connectivity index (χ3n) is 0.701. The van der Waals surface area contributed by atoms with Gasteiger partial charge in [-0.25, -0.2) is 0 Å². The van der Waals surface area contributed by atoms with Crippen molar-refractivity contribution in [2.24, 2.45) is 21.7 Å². The smallest absolute Gasteiger partial charge is 0.211 e. The van der Waals surface area contributed by atoms with Crippen molar-refractivity contribution in [3.8, 4) is 0 Å². The van der Waals surface area contributed by atoms with Crippen molar-refractivity contribution in [1.29, 1.82) is 0 Å². The first-order chi connectivity index (χ1) is 4.63. The van der Waals surface area contributed by atoms with E-state index in [1.807, 2.05) is 0 Å². The van der Waals surface area contributed by atoms with Gasteiger partial charge in [-0.15, -0.1) is 5.10 Å². The van der Waals surface area contributed by atoms with Gasteiger partial charge in [-0.05, 0) is 6.92 Å². The van der Waals surface area contributed by atoms with Gasteiger partial charge >= 0.3 is 0 Å². The lowest BCUT2D eigenvalue weighted by Crippen LogP contribution is -2.21. The van der Waals surface area contributed by atoms with Gasteiger partial charge in [-0.2, -0.15) is 5.10 Å². The normalized spacial score (nSPS) is 13.4. The molecule has 5 N–H and O–H groups in total. The Labute approximate surface area is 59.4 Å². The third-order valence-corrected chi connectivity index (χ3v) is 0.701. The summed E-state index contributed by atoms with van der Waals surface area (Å²) in [5, 5.41) is 15.5. The molecule has 0 fully saturated rings. The molecule has 10 heavy (non-hydrogen) atoms. The first-order valence-corrected chi connectivity index (χ1v) is 2.91. The third kappa shape index (κ3) is 6.90. The Hall–Kier alpha value is -1.10. The molecule has 0 aliphatic carbocycles. The zero-order valence-corrected chi connectivity index (χ0v) is 5.86. The lowest BCUT2D eigenvalue weighted by atomic mass is 10.3. The number of aliphatic hydroxyl groups is 1. The van der Waals surface area contributed by atoms with E-state index in [2.05, 4.69) is 10.2 Å². The summed E-state index contributed by atoms with van der Waals surface area (Å²) in [6.07, 6.45) is 1.50. The minimum atomic E-state index is -0.405. The van der Waals surface area contributed by atoms with E-state index < -0.39 is 6.10 Å². The highest BCUT2D eigenvalue weighted by molar-refractivity contribution is 5.76. The van der Waals surface area contributed by atoms with E-state index in [9.17, 15) is 0 Å². The Bertz CT molecular complexity index is 137. The molecule has 0 rings (SSSR count). The highest BCUT2D eigenvalue weighted by Gasteiger charge is 1.88. The molecule has 58 valence electrons. The minimum absolute atomic E-state index is 0.0816. The number of guanidine groups is 1. The molecular weight excluding hydrogens is 132 g/mol. The summed E-state index contributed by atoms with van der Waals surface area (Å²) in [6, 6.07) is 0. The van der Waals surface area contributed by atoms with E-state index in [0.717, 1.165) is 0 Å². The standard InChI is InChI=1S/C5H12N4O/c1-4(10)2-3-8-9-5(6)7/h3-4,10H,2H2,1H3,(H4,6,7,9)/b8-3+/t4-/m0/s1. The molecule has 5 heteroatoms. The average Bonchev–Trinajstić information content (AvgIpc) is 1.79. The molecule has 0 bridgehead atoms. The van der Waals surface area contributed by atoms with Crippen molar-refractivity contribution in [3.05, 3.63) is 0 Å². The number of nitrogens with zero attached hydrogens (tertiary/aromatic N) is 2. The molecule has 0 saturated carbocycles. The highest BCUT2D eigenvalue weighted by Crippen LogP contribution is 1.83. The summed E-state index contributed by atoms with van der Waals surface area (Å²) in [7, 11) is 0. The topological polar surface area (TPSA) is 97.0 Å². The Morgan fingerprint density at radius 3 is 2.70 bits per heavy atom. The fourth-order valence-corrected chi connectivity index (χ4v) is 0.307. The second kappa shape index (κ2) is 4.75. The largest absolute Gasteiger partial charge is 0.393 e. The summed E-state index contributed by atoms with van der Waals surface area (Å²) in [5.41, 5.74) is 9.92. The number of hydrogen-bond donors (Lipinski definition) is 3. The predicted octanol–water partition coefficient (Wildman–Crippen LogP) is -0.983. The molecule has 0 aromatic rings. The molecular formula is C5H12N4O. The van der Waals surface area contributed by atoms with Crippen LogP contribution in [0.1, 0.15) is 13.3 Å². The summed E-state index contributed by atoms with van der Waals surface area (Å²) in [6.45, 7) is 1.65. The Morgan fingerprint density at radius 2 is 2.30 bits per heavy atom. The van der Waals surface area contributed by atoms with Crippen LogP contribution in [0.3, 0.4) is 0 Å². The number of hydrogen-bond acceptors (Lipinski definition) is 3. The molecule has 0 unspecified atom stereocenters. The number of aliphatic hydroxyl groups excluding tert-OH is 1. The fraction of sp³-hybridized carbons (Fsp3) is 0.600. The van der Waals surface area contributed by atoms with Gasteiger partial charge in [-0.3, -0.25) is 0 Å². The molecule has 0 aromatic heterocycles. The monoisotopic (exact) mass is 144 g/mol. The predicted molar refractivity (Wildman–Crippen MR) is 40.6 cm³/mol. The van der Waals surface area contributed by atoms with Crippen molar-refractivity contribution in [1.82, 2.24) is 0 Å². The molecule has 0 spiro atoms. The van der Waals surface area contributed by atoms with Crippen LogP contribution in [0.2, 0.25) is 0 Å². The Balaban J connectivity index is 3.48. The number of nitrogens with two attached hydrogens (primary N) is 2. The highest BCUT2D eigenvalue weighted by atomic mass is 16.3. The van der Waals surface area contributed by atoms with Gasteiger partial charge in [0, 0.05) is 12.6 Å². The maximum atomic E-state index is 8.72. The van der Waals surface area contributed by atoms with Crippen molar-refractivity contribution >= 4 is 12.2 Å². The summed E-state index contributed by atoms with van der Waals surface area (Å²) >= 11 is 0. The van der Waals surface area contributed by atoms with E-state index in [0.29, 0.717) is 6.42 Å². The van der Waals surface area contributed by atoms with Crippen LogP contribution in [0.15, 0.2) is 10.2 Å². The maximum absolute atomic E-state index is 8.72. The van der Waals surface area contributed by atoms with Gasteiger partial charge in [0.1, 0.15) is 0 Å². The SMILES string of the molecule is C[C@H](O)C/C=N/N=C(N)N. The van der Waals surface area contributed by atoms with E-state index in [-0.39, 0.29) is 5.96 Å². The van der Waals surface area contributed by atoms with Gasteiger partial charge in [0.15, 0.2) is 0 Å². The van der Waals surface area contributed by atoms with E-state index >= 15 is 0 Å². The molecule has 0 saturated heterocycles. The number of rotatable bonds is 3. The Morgan fingerprint density at radius 1 is 1.70 bits per heavy atom. The molecule has 0 radical (unpaired) electrons. The summed E-state index contributed by atoms with van der Waals surface area (Å²) < 4.78 is 0. The molecule has 5 nitrogen and oxygen atoms in total. The van der Waals surface area contributed by atoms with Crippen LogP contribution in [0.4, 0.5) is 0 Å². The van der Waals surface area contributed by atoms with Crippen LogP contribution in [-0.2, 0) is 0 Å². The van der Waals surface area contributed by atoms with Crippen molar-refractivity contribution in [2.75, 3.05) is 0 Å². The van der Waals surface area contributed by atoms with Gasteiger partial charge in [0.25, 0.3) is 0 Å². The second-order valence-corrected chi connectivity index (χ2v) is 1.91. The van der Waals surface area contributed by atoms with Gasteiger partial charge in [0.05, 0.1) is 6.10 Å². The Kier molecular flexibility index (Phi) is 4.23. The van der Waals surface area contributed by atoms with Gasteiger partial charge < -0.3 is 16.6 Å². The first kappa shape index (κ1) is 8.90. The van der Waals surface area contributed by atoms with E-state index in [4.69, 9.17) is 16.6 Å². The molecule has 0 amide bonds. The molecule has 0 heterocycles. The van der Waals surface area contributed by atoms with Crippen LogP contribution < -0.4 is 11.5 Å². The first-order valence-electron chi connectivity index (χ1n) is 2.91. The molecule has 0 aliphatic rings. The average molecular weight is 144 g/mol. The van der Waals surface area contributed by atoms with Crippen LogP contribution in [0.5, 0.6) is 0 Å². The van der Waals surface area contributed by atoms with E-state index in [1.54, 1.807) is 6.92 Å². The van der Waals surface area contributed by atoms with Gasteiger partial charge in [0.2, 0.25) is 5.96 Å². The zero-order chi connectivity index (χ0) is 7.98. The minimum Gasteiger partial charge on any atom is -0.393 e. The summed E-state index contributed by atoms with van der Waals surface area (Å²) in [5.74, 6) is -0.0816. The molecule has 0 aliphatic heterocycles. The van der Waals surface area contributed by atoms with Gasteiger partial charge in [-0.1, -0.05) is 0 Å². The van der Waals surface area contributed by atoms with Crippen molar-refractivity contribution in [2.45, 2.75) is 19.4 Å². The zero-order valence-electron chi connectivity index (χ0n) is 5.86. The molecule has 0 aromatic carbocycles. The van der Waals surface area contributed by atoms with Crippen LogP contribution >= 0.6 is 0 Å². The van der Waals surface area contributed by atoms with Crippen LogP contribution in [-0.4, -0.2) is 23.4 Å². The molecule has 1 atom stereocenters. The lowest BCUT2D eigenvalue weighted by Gasteiger charge is -1.93. The van der Waals surface area contributed by atoms with Crippen molar-refractivity contribution in [3.63, 3.8) is 0 Å². The van der Waals surface area contributed by atoms with Crippen LogP contribution in [0, 0.1) is 0 Å². The maximum Gasteiger partial charge on any atom is 0.211 e. The summed E-state index contributed by atoms with van der Waals surface area (Å²) in [4.78, 5) is 0. The fourth-order valence-electron chi connectivity index (χ4n) is 0.307. The second-order valence-electron chi connectivity index (χ2n) is 1.91. The lowest BCUT2D eigenvalue weighted by molar-refractivity contribution is 0.204.